The number of amides is 1. The number of carbonyl (C=O) groups excluding carboxylic acids is 1. The summed E-state index contributed by atoms with van der Waals surface area (Å²) < 4.78 is 43.7. The molecule has 1 aliphatic rings. The molecule has 2 N–H and O–H groups in total. The Kier molecular flexibility index (Phi) is 4.37. The molecule has 0 aromatic carbocycles. The first kappa shape index (κ1) is 14.2. The van der Waals surface area contributed by atoms with Crippen molar-refractivity contribution < 1.29 is 22.7 Å². The van der Waals surface area contributed by atoms with E-state index in [0.29, 0.717) is 0 Å². The summed E-state index contributed by atoms with van der Waals surface area (Å²) >= 11 is 0. The summed E-state index contributed by atoms with van der Waals surface area (Å²) in [5.41, 5.74) is 3.07. The minimum absolute atomic E-state index is 0.00431. The molecule has 0 atom stereocenters. The van der Waals surface area contributed by atoms with E-state index in [1.807, 2.05) is 0 Å². The molecule has 4 nitrogen and oxygen atoms in total. The number of ether oxygens (including phenoxy) is 1. The van der Waals surface area contributed by atoms with Gasteiger partial charge < -0.3 is 15.4 Å². The molecule has 0 aromatic rings. The zero-order valence-corrected chi connectivity index (χ0v) is 9.72. The molecule has 1 aliphatic heterocycles. The first-order chi connectivity index (χ1) is 7.86. The van der Waals surface area contributed by atoms with Crippen molar-refractivity contribution in [2.24, 2.45) is 5.73 Å². The Hall–Kier alpha value is -0.820. The minimum Gasteiger partial charge on any atom is -0.366 e. The highest BCUT2D eigenvalue weighted by Gasteiger charge is 2.57. The van der Waals surface area contributed by atoms with Crippen molar-refractivity contribution in [2.45, 2.75) is 31.5 Å². The van der Waals surface area contributed by atoms with Crippen molar-refractivity contribution in [3.05, 3.63) is 0 Å². The minimum atomic E-state index is -4.40. The quantitative estimate of drug-likeness (QED) is 0.814. The summed E-state index contributed by atoms with van der Waals surface area (Å²) in [5, 5.41) is 0. The van der Waals surface area contributed by atoms with E-state index in [-0.39, 0.29) is 45.0 Å². The fraction of sp³-hybridized carbons (Fsp3) is 0.900. The van der Waals surface area contributed by atoms with Crippen molar-refractivity contribution in [3.8, 4) is 0 Å². The van der Waals surface area contributed by atoms with Crippen LogP contribution in [0.25, 0.3) is 0 Å². The van der Waals surface area contributed by atoms with Gasteiger partial charge in [-0.3, -0.25) is 4.79 Å². The van der Waals surface area contributed by atoms with Crippen LogP contribution >= 0.6 is 0 Å². The summed E-state index contributed by atoms with van der Waals surface area (Å²) in [6.07, 6.45) is -4.85. The smallest absolute Gasteiger partial charge is 0.366 e. The zero-order chi connectivity index (χ0) is 13.1. The zero-order valence-electron chi connectivity index (χ0n) is 9.72. The van der Waals surface area contributed by atoms with Crippen LogP contribution in [0.2, 0.25) is 0 Å². The van der Waals surface area contributed by atoms with Crippen LogP contribution in [0.4, 0.5) is 13.2 Å². The highest BCUT2D eigenvalue weighted by molar-refractivity contribution is 5.78. The van der Waals surface area contributed by atoms with Crippen LogP contribution in [0.1, 0.15) is 19.8 Å². The van der Waals surface area contributed by atoms with E-state index in [0.717, 1.165) is 0 Å². The van der Waals surface area contributed by atoms with E-state index in [1.54, 1.807) is 0 Å². The number of alkyl halides is 3. The van der Waals surface area contributed by atoms with Crippen molar-refractivity contribution in [1.82, 2.24) is 4.90 Å². The molecule has 7 heteroatoms. The average Bonchev–Trinajstić information content (AvgIpc) is 2.28. The number of rotatable bonds is 3. The Balaban J connectivity index is 2.71. The molecule has 0 unspecified atom stereocenters. The molecule has 1 saturated heterocycles. The van der Waals surface area contributed by atoms with Crippen LogP contribution in [0.15, 0.2) is 0 Å². The van der Waals surface area contributed by atoms with Gasteiger partial charge in [-0.1, -0.05) is 0 Å². The van der Waals surface area contributed by atoms with Crippen LogP contribution in [-0.2, 0) is 9.53 Å². The maximum atomic E-state index is 12.9. The molecule has 1 rings (SSSR count). The van der Waals surface area contributed by atoms with Crippen molar-refractivity contribution in [3.63, 3.8) is 0 Å². The van der Waals surface area contributed by atoms with E-state index in [1.165, 1.54) is 11.8 Å². The Bertz CT molecular complexity index is 273. The molecule has 0 saturated carbocycles. The van der Waals surface area contributed by atoms with Crippen molar-refractivity contribution >= 4 is 5.91 Å². The molecule has 0 aliphatic carbocycles. The fourth-order valence-electron chi connectivity index (χ4n) is 2.03. The molecule has 17 heavy (non-hydrogen) atoms. The lowest BCUT2D eigenvalue weighted by molar-refractivity contribution is -0.288. The summed E-state index contributed by atoms with van der Waals surface area (Å²) in [4.78, 5) is 12.6. The van der Waals surface area contributed by atoms with Crippen LogP contribution in [0, 0.1) is 0 Å². The third-order valence-electron chi connectivity index (χ3n) is 3.04. The molecular weight excluding hydrogens is 237 g/mol. The Morgan fingerprint density at radius 2 is 1.94 bits per heavy atom. The van der Waals surface area contributed by atoms with Crippen LogP contribution in [-0.4, -0.2) is 48.8 Å². The van der Waals surface area contributed by atoms with Crippen molar-refractivity contribution in [2.75, 3.05) is 26.2 Å². The second kappa shape index (κ2) is 5.22. The summed E-state index contributed by atoms with van der Waals surface area (Å²) in [5.74, 6) is -0.322. The average molecular weight is 254 g/mol. The summed E-state index contributed by atoms with van der Waals surface area (Å²) in [7, 11) is 0. The normalized spacial score (nSPS) is 20.4. The first-order valence-electron chi connectivity index (χ1n) is 5.55. The third kappa shape index (κ3) is 2.90. The number of halogens is 3. The molecule has 1 amide bonds. The van der Waals surface area contributed by atoms with Gasteiger partial charge in [0.15, 0.2) is 5.60 Å². The molecule has 1 fully saturated rings. The molecule has 0 aromatic heterocycles. The maximum Gasteiger partial charge on any atom is 0.417 e. The maximum absolute atomic E-state index is 12.9. The number of hydrogen-bond acceptors (Lipinski definition) is 3. The van der Waals surface area contributed by atoms with Gasteiger partial charge in [0, 0.05) is 32.5 Å². The molecule has 0 bridgehead atoms. The Morgan fingerprint density at radius 1 is 1.41 bits per heavy atom. The molecule has 1 heterocycles. The van der Waals surface area contributed by atoms with Crippen LogP contribution < -0.4 is 5.73 Å². The topological polar surface area (TPSA) is 55.6 Å². The van der Waals surface area contributed by atoms with Gasteiger partial charge in [0.05, 0.1) is 6.54 Å². The van der Waals surface area contributed by atoms with Crippen LogP contribution in [0.3, 0.4) is 0 Å². The molecule has 0 radical (unpaired) electrons. The molecular formula is C10H17F3N2O2. The van der Waals surface area contributed by atoms with Gasteiger partial charge in [-0.15, -0.1) is 0 Å². The van der Waals surface area contributed by atoms with Gasteiger partial charge in [0.1, 0.15) is 0 Å². The predicted octanol–water partition coefficient (Wildman–Crippen LogP) is 0.905. The number of likely N-dealkylation sites (tertiary alicyclic amines) is 1. The number of piperidine rings is 1. The first-order valence-corrected chi connectivity index (χ1v) is 5.55. The largest absolute Gasteiger partial charge is 0.417 e. The lowest BCUT2D eigenvalue weighted by atomic mass is 9.90. The van der Waals surface area contributed by atoms with Gasteiger partial charge in [-0.25, -0.2) is 0 Å². The van der Waals surface area contributed by atoms with Crippen LogP contribution in [0.5, 0.6) is 0 Å². The number of carbonyl (C=O) groups is 1. The van der Waals surface area contributed by atoms with E-state index in [9.17, 15) is 18.0 Å². The predicted molar refractivity (Wildman–Crippen MR) is 55.3 cm³/mol. The second-order valence-corrected chi connectivity index (χ2v) is 4.01. The molecule has 100 valence electrons. The second-order valence-electron chi connectivity index (χ2n) is 4.01. The lowest BCUT2D eigenvalue weighted by Crippen LogP contribution is -2.56. The number of hydrogen-bond donors (Lipinski definition) is 1. The summed E-state index contributed by atoms with van der Waals surface area (Å²) in [6.45, 7) is 1.44. The van der Waals surface area contributed by atoms with Gasteiger partial charge in [-0.05, 0) is 6.92 Å². The molecule has 0 spiro atoms. The fourth-order valence-corrected chi connectivity index (χ4v) is 2.03. The highest BCUT2D eigenvalue weighted by Crippen LogP contribution is 2.41. The third-order valence-corrected chi connectivity index (χ3v) is 3.04. The van der Waals surface area contributed by atoms with E-state index in [4.69, 9.17) is 10.5 Å². The lowest BCUT2D eigenvalue weighted by Gasteiger charge is -2.42. The Morgan fingerprint density at radius 3 is 2.29 bits per heavy atom. The highest BCUT2D eigenvalue weighted by atomic mass is 19.4. The van der Waals surface area contributed by atoms with E-state index in [2.05, 4.69) is 0 Å². The standard InChI is InChI=1S/C10H17F3N2O2/c1-2-17-9(10(11,12)13)3-5-15(6-4-9)8(16)7-14/h2-7,14H2,1H3. The van der Waals surface area contributed by atoms with Gasteiger partial charge in [0.2, 0.25) is 5.91 Å². The SMILES string of the molecule is CCOC1(C(F)(F)F)CCN(C(=O)CN)CC1. The summed E-state index contributed by atoms with van der Waals surface area (Å²) in [6, 6.07) is 0. The Labute approximate surface area is 97.9 Å². The van der Waals surface area contributed by atoms with Gasteiger partial charge in [0.25, 0.3) is 0 Å². The number of nitrogens with zero attached hydrogens (tertiary/aromatic N) is 1. The van der Waals surface area contributed by atoms with E-state index < -0.39 is 11.8 Å². The van der Waals surface area contributed by atoms with Gasteiger partial charge in [-0.2, -0.15) is 13.2 Å². The van der Waals surface area contributed by atoms with E-state index >= 15 is 0 Å². The van der Waals surface area contributed by atoms with Crippen molar-refractivity contribution in [1.29, 1.82) is 0 Å². The van der Waals surface area contributed by atoms with Gasteiger partial charge >= 0.3 is 6.18 Å². The monoisotopic (exact) mass is 254 g/mol. The number of nitrogens with two attached hydrogens (primary N) is 1.